The molecular weight excluding hydrogens is 336 g/mol. The average Bonchev–Trinajstić information content (AvgIpc) is 3.23. The van der Waals surface area contributed by atoms with Crippen LogP contribution in [0.4, 0.5) is 0 Å². The molecule has 1 aromatic carbocycles. The number of ether oxygens (including phenoxy) is 2. The van der Waals surface area contributed by atoms with Crippen molar-refractivity contribution in [3.8, 4) is 11.5 Å². The summed E-state index contributed by atoms with van der Waals surface area (Å²) in [5.74, 6) is 1.10. The van der Waals surface area contributed by atoms with Gasteiger partial charge in [-0.3, -0.25) is 15.0 Å². The number of nitrogens with one attached hydrogen (secondary N) is 1. The van der Waals surface area contributed by atoms with E-state index >= 15 is 0 Å². The molecule has 1 atom stereocenters. The fourth-order valence-electron chi connectivity index (χ4n) is 3.53. The molecule has 0 bridgehead atoms. The number of hydrogen-bond donors (Lipinski definition) is 1. The van der Waals surface area contributed by atoms with Gasteiger partial charge in [0.15, 0.2) is 11.5 Å². The first kappa shape index (κ1) is 17.1. The topological polar surface area (TPSA) is 74.4 Å². The zero-order chi connectivity index (χ0) is 18.1. The van der Waals surface area contributed by atoms with Crippen molar-refractivity contribution in [2.45, 2.75) is 13.0 Å². The number of nitrogens with zero attached hydrogens (tertiary/aromatic N) is 3. The van der Waals surface area contributed by atoms with Crippen molar-refractivity contribution in [1.82, 2.24) is 20.2 Å². The second-order valence-corrected chi connectivity index (χ2v) is 7.13. The molecule has 1 aromatic rings. The molecule has 0 aliphatic carbocycles. The Labute approximate surface area is 152 Å². The van der Waals surface area contributed by atoms with Crippen molar-refractivity contribution in [3.05, 3.63) is 23.8 Å². The van der Waals surface area contributed by atoms with Crippen LogP contribution in [0.1, 0.15) is 12.0 Å². The maximum atomic E-state index is 12.5. The molecule has 0 saturated carbocycles. The largest absolute Gasteiger partial charge is 0.454 e. The van der Waals surface area contributed by atoms with Crippen LogP contribution in [0, 0.1) is 5.92 Å². The summed E-state index contributed by atoms with van der Waals surface area (Å²) in [6.07, 6.45) is 0.268. The zero-order valence-electron chi connectivity index (χ0n) is 14.9. The second kappa shape index (κ2) is 7.13. The third-order valence-corrected chi connectivity index (χ3v) is 5.17. The molecule has 0 aromatic heterocycles. The number of carbonyl (C=O) groups excluding carboxylic acids is 2. The molecule has 2 amide bonds. The Morgan fingerprint density at radius 2 is 1.96 bits per heavy atom. The smallest absolute Gasteiger partial charge is 0.239 e. The predicted molar refractivity (Wildman–Crippen MR) is 93.3 cm³/mol. The molecule has 8 heteroatoms. The highest BCUT2D eigenvalue weighted by Gasteiger charge is 2.35. The number of amides is 2. The quantitative estimate of drug-likeness (QED) is 0.818. The Kier molecular flexibility index (Phi) is 4.69. The van der Waals surface area contributed by atoms with Crippen molar-refractivity contribution >= 4 is 11.8 Å². The number of fused-ring (bicyclic) bond motifs is 1. The summed E-state index contributed by atoms with van der Waals surface area (Å²) in [5, 5.41) is 1.95. The first-order valence-electron chi connectivity index (χ1n) is 8.99. The minimum Gasteiger partial charge on any atom is -0.454 e. The number of piperazine rings is 1. The second-order valence-electron chi connectivity index (χ2n) is 7.13. The summed E-state index contributed by atoms with van der Waals surface area (Å²) >= 11 is 0. The molecule has 3 aliphatic heterocycles. The van der Waals surface area contributed by atoms with Crippen molar-refractivity contribution in [1.29, 1.82) is 0 Å². The lowest BCUT2D eigenvalue weighted by Gasteiger charge is -2.32. The van der Waals surface area contributed by atoms with Gasteiger partial charge in [0.25, 0.3) is 0 Å². The van der Waals surface area contributed by atoms with Gasteiger partial charge in [-0.05, 0) is 24.7 Å². The molecular formula is C18H24N4O4. The van der Waals surface area contributed by atoms with E-state index in [1.54, 1.807) is 4.90 Å². The molecule has 0 spiro atoms. The highest BCUT2D eigenvalue weighted by molar-refractivity contribution is 5.89. The maximum Gasteiger partial charge on any atom is 0.239 e. The van der Waals surface area contributed by atoms with Crippen molar-refractivity contribution in [2.75, 3.05) is 46.6 Å². The predicted octanol–water partition coefficient (Wildman–Crippen LogP) is 0.0424. The highest BCUT2D eigenvalue weighted by Crippen LogP contribution is 2.33. The molecule has 2 saturated heterocycles. The van der Waals surface area contributed by atoms with Crippen LogP contribution in [0.15, 0.2) is 18.2 Å². The monoisotopic (exact) mass is 360 g/mol. The molecule has 3 heterocycles. The lowest BCUT2D eigenvalue weighted by molar-refractivity contribution is -0.131. The van der Waals surface area contributed by atoms with Crippen LogP contribution in [-0.2, 0) is 16.1 Å². The van der Waals surface area contributed by atoms with Gasteiger partial charge in [0.05, 0.1) is 5.92 Å². The molecule has 0 radical (unpaired) electrons. The third-order valence-electron chi connectivity index (χ3n) is 5.17. The number of benzene rings is 1. The molecule has 1 unspecified atom stereocenters. The number of carbonyl (C=O) groups is 2. The Hall–Kier alpha value is -2.32. The summed E-state index contributed by atoms with van der Waals surface area (Å²) in [6, 6.07) is 5.68. The Morgan fingerprint density at radius 1 is 1.19 bits per heavy atom. The van der Waals surface area contributed by atoms with E-state index in [4.69, 9.17) is 9.47 Å². The summed E-state index contributed by atoms with van der Waals surface area (Å²) in [4.78, 5) is 28.8. The van der Waals surface area contributed by atoms with Gasteiger partial charge in [-0.25, -0.2) is 5.01 Å². The van der Waals surface area contributed by atoms with Gasteiger partial charge in [0.2, 0.25) is 18.6 Å². The third kappa shape index (κ3) is 3.61. The van der Waals surface area contributed by atoms with Gasteiger partial charge < -0.3 is 19.3 Å². The molecule has 140 valence electrons. The summed E-state index contributed by atoms with van der Waals surface area (Å²) in [7, 11) is 2.07. The van der Waals surface area contributed by atoms with Crippen LogP contribution in [0.2, 0.25) is 0 Å². The molecule has 1 N–H and O–H groups in total. The molecule has 4 rings (SSSR count). The summed E-state index contributed by atoms with van der Waals surface area (Å²) < 4.78 is 10.7. The van der Waals surface area contributed by atoms with E-state index in [2.05, 4.69) is 17.4 Å². The minimum absolute atomic E-state index is 0.0150. The van der Waals surface area contributed by atoms with Crippen molar-refractivity contribution < 1.29 is 19.1 Å². The SMILES string of the molecule is CN1CCN(NC(=O)C2CC(=O)N(Cc3ccc4c(c3)OCO4)C2)CC1. The summed E-state index contributed by atoms with van der Waals surface area (Å²) in [6.45, 7) is 4.64. The lowest BCUT2D eigenvalue weighted by atomic mass is 10.1. The van der Waals surface area contributed by atoms with Crippen molar-refractivity contribution in [3.63, 3.8) is 0 Å². The van der Waals surface area contributed by atoms with Gasteiger partial charge in [-0.1, -0.05) is 6.07 Å². The Balaban J connectivity index is 1.32. The first-order chi connectivity index (χ1) is 12.6. The number of likely N-dealkylation sites (tertiary alicyclic amines) is 1. The van der Waals surface area contributed by atoms with E-state index in [9.17, 15) is 9.59 Å². The lowest BCUT2D eigenvalue weighted by Crippen LogP contribution is -2.53. The fraction of sp³-hybridized carbons (Fsp3) is 0.556. The van der Waals surface area contributed by atoms with E-state index in [0.29, 0.717) is 18.8 Å². The van der Waals surface area contributed by atoms with Gasteiger partial charge in [0.1, 0.15) is 0 Å². The van der Waals surface area contributed by atoms with Crippen LogP contribution >= 0.6 is 0 Å². The van der Waals surface area contributed by atoms with Crippen LogP contribution in [0.5, 0.6) is 11.5 Å². The molecule has 3 aliphatic rings. The average molecular weight is 360 g/mol. The minimum atomic E-state index is -0.295. The van der Waals surface area contributed by atoms with E-state index in [1.807, 2.05) is 23.2 Å². The van der Waals surface area contributed by atoms with E-state index < -0.39 is 0 Å². The van der Waals surface area contributed by atoms with Gasteiger partial charge in [-0.2, -0.15) is 0 Å². The maximum absolute atomic E-state index is 12.5. The molecule has 8 nitrogen and oxygen atoms in total. The molecule has 26 heavy (non-hydrogen) atoms. The Bertz CT molecular complexity index is 702. The number of hydrogen-bond acceptors (Lipinski definition) is 6. The van der Waals surface area contributed by atoms with E-state index in [1.165, 1.54) is 0 Å². The van der Waals surface area contributed by atoms with Crippen molar-refractivity contribution in [2.24, 2.45) is 5.92 Å². The highest BCUT2D eigenvalue weighted by atomic mass is 16.7. The van der Waals surface area contributed by atoms with Crippen LogP contribution in [0.25, 0.3) is 0 Å². The van der Waals surface area contributed by atoms with E-state index in [-0.39, 0.29) is 30.9 Å². The van der Waals surface area contributed by atoms with Gasteiger partial charge in [0, 0.05) is 45.7 Å². The normalized spacial score (nSPS) is 23.5. The van der Waals surface area contributed by atoms with Crippen LogP contribution in [0.3, 0.4) is 0 Å². The fourth-order valence-corrected chi connectivity index (χ4v) is 3.53. The summed E-state index contributed by atoms with van der Waals surface area (Å²) in [5.41, 5.74) is 3.95. The van der Waals surface area contributed by atoms with Gasteiger partial charge in [-0.15, -0.1) is 0 Å². The number of likely N-dealkylation sites (N-methyl/N-ethyl adjacent to an activating group) is 1. The van der Waals surface area contributed by atoms with Crippen LogP contribution < -0.4 is 14.9 Å². The first-order valence-corrected chi connectivity index (χ1v) is 8.99. The standard InChI is InChI=1S/C18H24N4O4/c1-20-4-6-22(7-5-20)19-18(24)14-9-17(23)21(11-14)10-13-2-3-15-16(8-13)26-12-25-15/h2-3,8,14H,4-7,9-12H2,1H3,(H,19,24). The number of hydrazine groups is 1. The van der Waals surface area contributed by atoms with E-state index in [0.717, 1.165) is 37.5 Å². The Morgan fingerprint density at radius 3 is 2.77 bits per heavy atom. The zero-order valence-corrected chi connectivity index (χ0v) is 14.9. The number of rotatable bonds is 4. The van der Waals surface area contributed by atoms with Crippen LogP contribution in [-0.4, -0.2) is 73.2 Å². The van der Waals surface area contributed by atoms with Gasteiger partial charge >= 0.3 is 0 Å². The molecule has 2 fully saturated rings.